The molecule has 2 aliphatic rings. The highest BCUT2D eigenvalue weighted by Gasteiger charge is 2.49. The Bertz CT molecular complexity index is 1310. The number of methoxy groups -OCH3 is 2. The number of hydrogen-bond acceptors (Lipinski definition) is 6. The first-order valence-corrected chi connectivity index (χ1v) is 13.5. The molecule has 0 radical (unpaired) electrons. The number of fused-ring (bicyclic) bond motifs is 1. The zero-order valence-electron chi connectivity index (χ0n) is 22.4. The molecule has 39 heavy (non-hydrogen) atoms. The fourth-order valence-electron chi connectivity index (χ4n) is 5.98. The lowest BCUT2D eigenvalue weighted by Gasteiger charge is -2.48. The first-order valence-electron chi connectivity index (χ1n) is 13.5. The SMILES string of the molecule is COc1ccc([C@H]2C(C(=O)NCCc3ccccn3)c3ccccc3C(=O)N2[C@H]2CCCC[C@@H]2O)c(OC)c1. The molecule has 4 atom stereocenters. The van der Waals surface area contributed by atoms with Gasteiger partial charge in [-0.05, 0) is 48.7 Å². The number of pyridine rings is 1. The number of hydrogen-bond donors (Lipinski definition) is 2. The minimum atomic E-state index is -0.709. The van der Waals surface area contributed by atoms with Crippen LogP contribution in [-0.4, -0.2) is 59.7 Å². The third kappa shape index (κ3) is 5.34. The molecule has 2 heterocycles. The highest BCUT2D eigenvalue weighted by atomic mass is 16.5. The van der Waals surface area contributed by atoms with Gasteiger partial charge >= 0.3 is 0 Å². The summed E-state index contributed by atoms with van der Waals surface area (Å²) in [6.45, 7) is 0.404. The maximum Gasteiger partial charge on any atom is 0.255 e. The number of rotatable bonds is 8. The average Bonchev–Trinajstić information content (AvgIpc) is 2.97. The summed E-state index contributed by atoms with van der Waals surface area (Å²) in [6.07, 6.45) is 4.74. The van der Waals surface area contributed by atoms with Crippen molar-refractivity contribution in [2.75, 3.05) is 20.8 Å². The molecule has 0 saturated heterocycles. The Morgan fingerprint density at radius 1 is 1.03 bits per heavy atom. The van der Waals surface area contributed by atoms with Gasteiger partial charge in [0.25, 0.3) is 5.91 Å². The monoisotopic (exact) mass is 529 g/mol. The largest absolute Gasteiger partial charge is 0.497 e. The van der Waals surface area contributed by atoms with Gasteiger partial charge in [-0.2, -0.15) is 0 Å². The summed E-state index contributed by atoms with van der Waals surface area (Å²) < 4.78 is 11.2. The van der Waals surface area contributed by atoms with Crippen LogP contribution in [0.3, 0.4) is 0 Å². The summed E-state index contributed by atoms with van der Waals surface area (Å²) in [5.74, 6) is 0.0481. The van der Waals surface area contributed by atoms with Crippen molar-refractivity contribution in [3.63, 3.8) is 0 Å². The number of aliphatic hydroxyl groups excluding tert-OH is 1. The van der Waals surface area contributed by atoms with Crippen LogP contribution in [0, 0.1) is 0 Å². The van der Waals surface area contributed by atoms with Crippen molar-refractivity contribution < 1.29 is 24.2 Å². The molecule has 1 fully saturated rings. The van der Waals surface area contributed by atoms with Crippen molar-refractivity contribution >= 4 is 11.8 Å². The lowest BCUT2D eigenvalue weighted by atomic mass is 9.76. The van der Waals surface area contributed by atoms with Crippen LogP contribution in [0.4, 0.5) is 0 Å². The zero-order valence-corrected chi connectivity index (χ0v) is 22.4. The molecule has 8 heteroatoms. The normalized spacial score (nSPS) is 22.6. The molecule has 0 spiro atoms. The topological polar surface area (TPSA) is 101 Å². The van der Waals surface area contributed by atoms with E-state index in [0.29, 0.717) is 54.0 Å². The second-order valence-corrected chi connectivity index (χ2v) is 10.1. The number of carbonyl (C=O) groups excluding carboxylic acids is 2. The summed E-state index contributed by atoms with van der Waals surface area (Å²) >= 11 is 0. The Labute approximate surface area is 229 Å². The molecular weight excluding hydrogens is 494 g/mol. The second kappa shape index (κ2) is 11.9. The van der Waals surface area contributed by atoms with Crippen LogP contribution in [0.15, 0.2) is 66.9 Å². The zero-order chi connectivity index (χ0) is 27.4. The summed E-state index contributed by atoms with van der Waals surface area (Å²) in [5, 5.41) is 14.2. The van der Waals surface area contributed by atoms with Gasteiger partial charge in [-0.25, -0.2) is 0 Å². The standard InChI is InChI=1S/C31H35N3O5/c1-38-21-14-15-24(27(19-21)39-2)29-28(30(36)33-18-16-20-9-7-8-17-32-20)22-10-3-4-11-23(22)31(37)34(29)25-12-5-6-13-26(25)35/h3-4,7-11,14-15,17,19,25-26,28-29,35H,5-6,12-13,16,18H2,1-2H3,(H,33,36)/t25-,26-,28?,29-/m0/s1. The average molecular weight is 530 g/mol. The van der Waals surface area contributed by atoms with E-state index in [9.17, 15) is 14.7 Å². The van der Waals surface area contributed by atoms with Gasteiger partial charge in [0, 0.05) is 42.0 Å². The van der Waals surface area contributed by atoms with Crippen LogP contribution < -0.4 is 14.8 Å². The maximum absolute atomic E-state index is 14.1. The van der Waals surface area contributed by atoms with Gasteiger partial charge in [0.2, 0.25) is 5.91 Å². The van der Waals surface area contributed by atoms with Crippen molar-refractivity contribution in [2.45, 2.75) is 56.2 Å². The van der Waals surface area contributed by atoms with Crippen LogP contribution in [0.25, 0.3) is 0 Å². The van der Waals surface area contributed by atoms with E-state index in [-0.39, 0.29) is 11.8 Å². The quantitative estimate of drug-likeness (QED) is 0.457. The maximum atomic E-state index is 14.1. The third-order valence-electron chi connectivity index (χ3n) is 7.88. The Morgan fingerprint density at radius 3 is 2.56 bits per heavy atom. The van der Waals surface area contributed by atoms with E-state index in [0.717, 1.165) is 18.5 Å². The van der Waals surface area contributed by atoms with Gasteiger partial charge in [0.1, 0.15) is 11.5 Å². The number of carbonyl (C=O) groups is 2. The van der Waals surface area contributed by atoms with E-state index in [1.165, 1.54) is 0 Å². The minimum absolute atomic E-state index is 0.183. The smallest absolute Gasteiger partial charge is 0.255 e. The summed E-state index contributed by atoms with van der Waals surface area (Å²) in [5.41, 5.74) is 2.74. The van der Waals surface area contributed by atoms with E-state index < -0.39 is 24.1 Å². The van der Waals surface area contributed by atoms with Crippen molar-refractivity contribution in [2.24, 2.45) is 0 Å². The van der Waals surface area contributed by atoms with Gasteiger partial charge in [-0.15, -0.1) is 0 Å². The fraction of sp³-hybridized carbons (Fsp3) is 0.387. The van der Waals surface area contributed by atoms with E-state index >= 15 is 0 Å². The number of benzene rings is 2. The summed E-state index contributed by atoms with van der Waals surface area (Å²) in [7, 11) is 3.15. The molecule has 204 valence electrons. The Morgan fingerprint density at radius 2 is 1.82 bits per heavy atom. The molecule has 0 bridgehead atoms. The number of amides is 2. The van der Waals surface area contributed by atoms with Crippen molar-refractivity contribution in [1.29, 1.82) is 0 Å². The molecule has 1 saturated carbocycles. The van der Waals surface area contributed by atoms with Crippen LogP contribution in [-0.2, 0) is 11.2 Å². The molecule has 1 aromatic heterocycles. The number of ether oxygens (including phenoxy) is 2. The van der Waals surface area contributed by atoms with Gasteiger partial charge in [0.15, 0.2) is 0 Å². The van der Waals surface area contributed by atoms with Gasteiger partial charge in [-0.3, -0.25) is 14.6 Å². The first kappa shape index (κ1) is 26.7. The third-order valence-corrected chi connectivity index (χ3v) is 7.88. The van der Waals surface area contributed by atoms with Gasteiger partial charge < -0.3 is 24.8 Å². The van der Waals surface area contributed by atoms with E-state index in [4.69, 9.17) is 9.47 Å². The van der Waals surface area contributed by atoms with Gasteiger partial charge in [0.05, 0.1) is 38.3 Å². The van der Waals surface area contributed by atoms with E-state index in [1.807, 2.05) is 48.5 Å². The summed E-state index contributed by atoms with van der Waals surface area (Å²) in [4.78, 5) is 34.3. The minimum Gasteiger partial charge on any atom is -0.497 e. The number of aliphatic hydroxyl groups is 1. The number of aromatic nitrogens is 1. The van der Waals surface area contributed by atoms with E-state index in [1.54, 1.807) is 37.4 Å². The molecule has 2 N–H and O–H groups in total. The summed E-state index contributed by atoms with van der Waals surface area (Å²) in [6, 6.07) is 17.4. The molecule has 1 aliphatic carbocycles. The predicted octanol–water partition coefficient (Wildman–Crippen LogP) is 4.04. The molecule has 2 amide bonds. The molecule has 8 nitrogen and oxygen atoms in total. The lowest BCUT2D eigenvalue weighted by Crippen LogP contribution is -2.55. The number of nitrogens with zero attached hydrogens (tertiary/aromatic N) is 2. The molecular formula is C31H35N3O5. The van der Waals surface area contributed by atoms with Gasteiger partial charge in [-0.1, -0.05) is 37.1 Å². The molecule has 3 aromatic rings. The van der Waals surface area contributed by atoms with Crippen LogP contribution in [0.5, 0.6) is 11.5 Å². The Balaban J connectivity index is 1.60. The number of nitrogens with one attached hydrogen (secondary N) is 1. The second-order valence-electron chi connectivity index (χ2n) is 10.1. The van der Waals surface area contributed by atoms with Crippen molar-refractivity contribution in [3.05, 3.63) is 89.2 Å². The fourth-order valence-corrected chi connectivity index (χ4v) is 5.98. The molecule has 1 unspecified atom stereocenters. The van der Waals surface area contributed by atoms with Crippen LogP contribution in [0.1, 0.15) is 64.8 Å². The van der Waals surface area contributed by atoms with Crippen LogP contribution >= 0.6 is 0 Å². The predicted molar refractivity (Wildman–Crippen MR) is 147 cm³/mol. The first-order chi connectivity index (χ1) is 19.0. The molecule has 2 aromatic carbocycles. The van der Waals surface area contributed by atoms with E-state index in [2.05, 4.69) is 10.3 Å². The Kier molecular flexibility index (Phi) is 8.12. The molecule has 1 aliphatic heterocycles. The Hall–Kier alpha value is -3.91. The van der Waals surface area contributed by atoms with Crippen molar-refractivity contribution in [1.82, 2.24) is 15.2 Å². The highest BCUT2D eigenvalue weighted by molar-refractivity contribution is 6.01. The van der Waals surface area contributed by atoms with Crippen LogP contribution in [0.2, 0.25) is 0 Å². The van der Waals surface area contributed by atoms with Crippen molar-refractivity contribution in [3.8, 4) is 11.5 Å². The molecule has 5 rings (SSSR count). The highest BCUT2D eigenvalue weighted by Crippen LogP contribution is 2.48. The lowest BCUT2D eigenvalue weighted by molar-refractivity contribution is -0.125.